The zero-order valence-electron chi connectivity index (χ0n) is 11.4. The predicted molar refractivity (Wildman–Crippen MR) is 74.5 cm³/mol. The van der Waals surface area contributed by atoms with Gasteiger partial charge in [-0.05, 0) is 6.92 Å². The second-order valence-electron chi connectivity index (χ2n) is 4.86. The molecule has 112 valence electrons. The lowest BCUT2D eigenvalue weighted by Gasteiger charge is -2.29. The Morgan fingerprint density at radius 1 is 1.62 bits per heavy atom. The van der Waals surface area contributed by atoms with Crippen LogP contribution in [0.4, 0.5) is 0 Å². The van der Waals surface area contributed by atoms with E-state index in [2.05, 4.69) is 10.1 Å². The number of hydrogen-bond acceptors (Lipinski definition) is 7. The Labute approximate surface area is 123 Å². The summed E-state index contributed by atoms with van der Waals surface area (Å²) in [5.74, 6) is -0.961. The van der Waals surface area contributed by atoms with Gasteiger partial charge in [-0.1, -0.05) is 11.3 Å². The zero-order chi connectivity index (χ0) is 15.0. The first kappa shape index (κ1) is 14.1. The molecule has 1 aliphatic rings. The summed E-state index contributed by atoms with van der Waals surface area (Å²) >= 11 is 1.34. The van der Waals surface area contributed by atoms with Crippen LogP contribution in [0, 0.1) is 6.92 Å². The van der Waals surface area contributed by atoms with Crippen molar-refractivity contribution in [2.24, 2.45) is 0 Å². The number of hydrogen-bond donors (Lipinski definition) is 1. The molecule has 2 aromatic heterocycles. The second kappa shape index (κ2) is 5.51. The van der Waals surface area contributed by atoms with Gasteiger partial charge < -0.3 is 9.84 Å². The minimum Gasteiger partial charge on any atom is -0.479 e. The van der Waals surface area contributed by atoms with Gasteiger partial charge in [-0.15, -0.1) is 0 Å². The molecule has 0 spiro atoms. The smallest absolute Gasteiger partial charge is 0.334 e. The molecule has 0 bridgehead atoms. The lowest BCUT2D eigenvalue weighted by Crippen LogP contribution is -2.45. The molecule has 0 saturated carbocycles. The largest absolute Gasteiger partial charge is 0.479 e. The van der Waals surface area contributed by atoms with Crippen LogP contribution in [0.3, 0.4) is 0 Å². The maximum atomic E-state index is 11.8. The average Bonchev–Trinajstić information content (AvgIpc) is 2.81. The highest BCUT2D eigenvalue weighted by atomic mass is 32.1. The molecule has 2 aromatic rings. The fourth-order valence-electron chi connectivity index (χ4n) is 2.21. The van der Waals surface area contributed by atoms with Gasteiger partial charge in [-0.3, -0.25) is 9.69 Å². The van der Waals surface area contributed by atoms with Gasteiger partial charge in [0, 0.05) is 24.8 Å². The van der Waals surface area contributed by atoms with Gasteiger partial charge in [-0.2, -0.15) is 9.61 Å². The van der Waals surface area contributed by atoms with Crippen molar-refractivity contribution in [2.45, 2.75) is 19.6 Å². The Balaban J connectivity index is 1.80. The number of rotatable bonds is 3. The maximum Gasteiger partial charge on any atom is 0.334 e. The van der Waals surface area contributed by atoms with Crippen LogP contribution in [0.5, 0.6) is 0 Å². The first-order valence-corrected chi connectivity index (χ1v) is 7.28. The normalized spacial score (nSPS) is 20.0. The maximum absolute atomic E-state index is 11.8. The van der Waals surface area contributed by atoms with E-state index in [1.54, 1.807) is 6.92 Å². The summed E-state index contributed by atoms with van der Waals surface area (Å²) in [6.45, 7) is 3.58. The van der Waals surface area contributed by atoms with Crippen LogP contribution >= 0.6 is 11.3 Å². The highest BCUT2D eigenvalue weighted by Gasteiger charge is 2.26. The summed E-state index contributed by atoms with van der Waals surface area (Å²) in [6, 6.07) is 1.44. The van der Waals surface area contributed by atoms with Crippen LogP contribution in [-0.4, -0.2) is 56.4 Å². The van der Waals surface area contributed by atoms with E-state index in [0.717, 1.165) is 5.01 Å². The summed E-state index contributed by atoms with van der Waals surface area (Å²) in [6.07, 6.45) is -0.809. The Kier molecular flexibility index (Phi) is 3.70. The van der Waals surface area contributed by atoms with Crippen LogP contribution in [0.2, 0.25) is 0 Å². The highest BCUT2D eigenvalue weighted by molar-refractivity contribution is 7.16. The second-order valence-corrected chi connectivity index (χ2v) is 5.90. The van der Waals surface area contributed by atoms with E-state index in [4.69, 9.17) is 9.84 Å². The van der Waals surface area contributed by atoms with Crippen molar-refractivity contribution in [3.05, 3.63) is 27.1 Å². The van der Waals surface area contributed by atoms with Gasteiger partial charge in [0.05, 0.1) is 13.2 Å². The van der Waals surface area contributed by atoms with E-state index in [0.29, 0.717) is 36.9 Å². The molecule has 8 nitrogen and oxygen atoms in total. The van der Waals surface area contributed by atoms with Crippen molar-refractivity contribution in [1.29, 1.82) is 0 Å². The molecule has 3 heterocycles. The molecule has 1 saturated heterocycles. The SMILES string of the molecule is Cc1cc(=O)n2nc(CN3CCOC(C(=O)O)C3)sc2n1. The molecule has 0 radical (unpaired) electrons. The van der Waals surface area contributed by atoms with Gasteiger partial charge in [0.2, 0.25) is 4.96 Å². The first-order valence-electron chi connectivity index (χ1n) is 6.46. The molecule has 0 aliphatic carbocycles. The number of aromatic nitrogens is 3. The van der Waals surface area contributed by atoms with Crippen molar-refractivity contribution in [1.82, 2.24) is 19.5 Å². The van der Waals surface area contributed by atoms with E-state index < -0.39 is 12.1 Å². The van der Waals surface area contributed by atoms with Gasteiger partial charge in [0.15, 0.2) is 6.10 Å². The molecule has 1 N–H and O–H groups in total. The number of nitrogens with zero attached hydrogens (tertiary/aromatic N) is 4. The first-order chi connectivity index (χ1) is 10.0. The zero-order valence-corrected chi connectivity index (χ0v) is 12.2. The lowest BCUT2D eigenvalue weighted by atomic mass is 10.3. The predicted octanol–water partition coefficient (Wildman–Crippen LogP) is -0.255. The van der Waals surface area contributed by atoms with E-state index in [1.165, 1.54) is 21.9 Å². The molecular weight excluding hydrogens is 296 g/mol. The average molecular weight is 310 g/mol. The Morgan fingerprint density at radius 3 is 3.19 bits per heavy atom. The number of aliphatic carboxylic acids is 1. The number of morpholine rings is 1. The minimum absolute atomic E-state index is 0.203. The number of carbonyl (C=O) groups is 1. The minimum atomic E-state index is -0.961. The van der Waals surface area contributed by atoms with Gasteiger partial charge in [0.1, 0.15) is 5.01 Å². The Hall–Kier alpha value is -1.84. The van der Waals surface area contributed by atoms with Gasteiger partial charge >= 0.3 is 5.97 Å². The fourth-order valence-corrected chi connectivity index (χ4v) is 3.20. The monoisotopic (exact) mass is 310 g/mol. The summed E-state index contributed by atoms with van der Waals surface area (Å²) in [5.41, 5.74) is 0.456. The third kappa shape index (κ3) is 2.94. The van der Waals surface area contributed by atoms with E-state index in [9.17, 15) is 9.59 Å². The topological polar surface area (TPSA) is 97.0 Å². The number of fused-ring (bicyclic) bond motifs is 1. The number of carboxylic acid groups (broad SMARTS) is 1. The number of aryl methyl sites for hydroxylation is 1. The van der Waals surface area contributed by atoms with E-state index in [-0.39, 0.29) is 5.56 Å². The third-order valence-electron chi connectivity index (χ3n) is 3.20. The third-order valence-corrected chi connectivity index (χ3v) is 4.09. The molecule has 1 fully saturated rings. The molecular formula is C12H14N4O4S. The van der Waals surface area contributed by atoms with Crippen LogP contribution in [0.25, 0.3) is 4.96 Å². The van der Waals surface area contributed by atoms with E-state index in [1.807, 2.05) is 4.90 Å². The molecule has 1 aliphatic heterocycles. The quantitative estimate of drug-likeness (QED) is 0.834. The molecule has 3 rings (SSSR count). The summed E-state index contributed by atoms with van der Waals surface area (Å²) in [5, 5.41) is 14.0. The highest BCUT2D eigenvalue weighted by Crippen LogP contribution is 2.15. The van der Waals surface area contributed by atoms with E-state index >= 15 is 0 Å². The molecule has 9 heteroatoms. The molecule has 0 aromatic carbocycles. The van der Waals surface area contributed by atoms with Crippen LogP contribution < -0.4 is 5.56 Å². The van der Waals surface area contributed by atoms with Gasteiger partial charge in [0.25, 0.3) is 5.56 Å². The number of carboxylic acids is 1. The summed E-state index contributed by atoms with van der Waals surface area (Å²) < 4.78 is 6.46. The van der Waals surface area contributed by atoms with Crippen molar-refractivity contribution in [2.75, 3.05) is 19.7 Å². The standard InChI is InChI=1S/C12H14N4O4S/c1-7-4-10(17)16-12(13-7)21-9(14-16)6-15-2-3-20-8(5-15)11(18)19/h4,8H,2-3,5-6H2,1H3,(H,18,19). The molecule has 1 atom stereocenters. The fraction of sp³-hybridized carbons (Fsp3) is 0.500. The number of ether oxygens (including phenoxy) is 1. The molecule has 1 unspecified atom stereocenters. The summed E-state index contributed by atoms with van der Waals surface area (Å²) in [7, 11) is 0. The van der Waals surface area contributed by atoms with Crippen LogP contribution in [0.1, 0.15) is 10.7 Å². The van der Waals surface area contributed by atoms with Crippen LogP contribution in [0.15, 0.2) is 10.9 Å². The van der Waals surface area contributed by atoms with Crippen molar-refractivity contribution < 1.29 is 14.6 Å². The Bertz CT molecular complexity index is 740. The van der Waals surface area contributed by atoms with Crippen molar-refractivity contribution in [3.63, 3.8) is 0 Å². The lowest BCUT2D eigenvalue weighted by molar-refractivity contribution is -0.156. The molecule has 21 heavy (non-hydrogen) atoms. The van der Waals surface area contributed by atoms with Crippen molar-refractivity contribution in [3.8, 4) is 0 Å². The van der Waals surface area contributed by atoms with Crippen molar-refractivity contribution >= 4 is 22.3 Å². The van der Waals surface area contributed by atoms with Gasteiger partial charge in [-0.25, -0.2) is 9.78 Å². The molecule has 0 amide bonds. The van der Waals surface area contributed by atoms with Crippen LogP contribution in [-0.2, 0) is 16.1 Å². The Morgan fingerprint density at radius 2 is 2.43 bits per heavy atom. The summed E-state index contributed by atoms with van der Waals surface area (Å²) in [4.78, 5) is 29.5.